The number of hydrogen-bond acceptors (Lipinski definition) is 6. The van der Waals surface area contributed by atoms with E-state index >= 15 is 0 Å². The van der Waals surface area contributed by atoms with Crippen LogP contribution in [0.25, 0.3) is 0 Å². The van der Waals surface area contributed by atoms with Gasteiger partial charge in [0.15, 0.2) is 0 Å². The molecule has 41 heavy (non-hydrogen) atoms. The summed E-state index contributed by atoms with van der Waals surface area (Å²) in [6.45, 7) is 20.1. The number of amides is 1. The standard InChI is InChI=1S/C32H45F2N5O2/c1-20-14-38(27(13-35-20)16-37-15-22(3)41-18-21(37)2)17-30(40)39-19-32(5,6)31-29(39)11-25(23(4)36(31)7)10-24-8-9-26(33)12-28(24)34/h8-9,11-12,20-22,27,35H,4,10,13-19H2,1-3,5-7H3/t20-,21-,22+,27-/m1/s1. The Morgan fingerprint density at radius 1 is 1.17 bits per heavy atom. The topological polar surface area (TPSA) is 51.3 Å². The number of carbonyl (C=O) groups is 1. The van der Waals surface area contributed by atoms with Gasteiger partial charge in [-0.3, -0.25) is 14.6 Å². The predicted octanol–water partition coefficient (Wildman–Crippen LogP) is 3.74. The number of halogens is 2. The highest BCUT2D eigenvalue weighted by molar-refractivity contribution is 5.82. The summed E-state index contributed by atoms with van der Waals surface area (Å²) in [5.41, 5.74) is 3.59. The zero-order valence-corrected chi connectivity index (χ0v) is 25.3. The number of likely N-dealkylation sites (N-methyl/N-ethyl adjacent to an activating group) is 1. The molecule has 0 spiro atoms. The Labute approximate surface area is 243 Å². The van der Waals surface area contributed by atoms with Crippen LogP contribution in [0.3, 0.4) is 0 Å². The molecule has 4 heterocycles. The van der Waals surface area contributed by atoms with E-state index in [0.29, 0.717) is 30.7 Å². The number of morpholine rings is 1. The first kappa shape index (κ1) is 29.9. The zero-order valence-electron chi connectivity index (χ0n) is 25.3. The van der Waals surface area contributed by atoms with Crippen LogP contribution in [0.5, 0.6) is 0 Å². The van der Waals surface area contributed by atoms with Crippen LogP contribution in [-0.4, -0.2) is 103 Å². The molecular formula is C32H45F2N5O2. The average Bonchev–Trinajstić information content (AvgIpc) is 3.17. The van der Waals surface area contributed by atoms with Gasteiger partial charge in [-0.2, -0.15) is 0 Å². The Bertz CT molecular complexity index is 1260. The highest BCUT2D eigenvalue weighted by Crippen LogP contribution is 2.46. The first-order valence-corrected chi connectivity index (χ1v) is 14.8. The Morgan fingerprint density at radius 2 is 1.93 bits per heavy atom. The van der Waals surface area contributed by atoms with E-state index in [1.54, 1.807) is 0 Å². The van der Waals surface area contributed by atoms with Crippen molar-refractivity contribution in [2.24, 2.45) is 5.41 Å². The lowest BCUT2D eigenvalue weighted by Crippen LogP contribution is -2.62. The maximum Gasteiger partial charge on any atom is 0.241 e. The molecule has 0 aliphatic carbocycles. The summed E-state index contributed by atoms with van der Waals surface area (Å²) in [5, 5.41) is 3.61. The molecule has 4 atom stereocenters. The number of allylic oxidation sites excluding steroid dienone is 2. The fourth-order valence-electron chi connectivity index (χ4n) is 6.81. The molecule has 1 N–H and O–H groups in total. The fourth-order valence-corrected chi connectivity index (χ4v) is 6.81. The van der Waals surface area contributed by atoms with Crippen molar-refractivity contribution >= 4 is 5.91 Å². The van der Waals surface area contributed by atoms with Crippen LogP contribution in [0, 0.1) is 17.0 Å². The van der Waals surface area contributed by atoms with Gasteiger partial charge in [-0.25, -0.2) is 8.78 Å². The SMILES string of the molecule is C=C1C(Cc2ccc(F)cc2F)=CC2=C(N1C)C(C)(C)CN2C(=O)CN1C[C@@H](C)NC[C@@H]1CN1C[C@H](C)OC[C@H]1C. The predicted molar refractivity (Wildman–Crippen MR) is 157 cm³/mol. The lowest BCUT2D eigenvalue weighted by molar-refractivity contribution is -0.132. The Hall–Kier alpha value is -2.59. The Morgan fingerprint density at radius 3 is 2.66 bits per heavy atom. The molecule has 9 heteroatoms. The fraction of sp³-hybridized carbons (Fsp3) is 0.594. The van der Waals surface area contributed by atoms with Crippen molar-refractivity contribution in [1.29, 1.82) is 0 Å². The van der Waals surface area contributed by atoms with Gasteiger partial charge in [0, 0.05) is 87.2 Å². The second-order valence-electron chi connectivity index (χ2n) is 13.0. The lowest BCUT2D eigenvalue weighted by Gasteiger charge is -2.44. The number of hydrogen-bond donors (Lipinski definition) is 1. The zero-order chi connectivity index (χ0) is 29.6. The molecule has 5 rings (SSSR count). The second kappa shape index (κ2) is 11.6. The molecule has 0 bridgehead atoms. The third-order valence-corrected chi connectivity index (χ3v) is 9.09. The molecule has 0 aromatic heterocycles. The van der Waals surface area contributed by atoms with E-state index in [1.165, 1.54) is 12.1 Å². The minimum Gasteiger partial charge on any atom is -0.376 e. The van der Waals surface area contributed by atoms with Crippen molar-refractivity contribution in [2.75, 3.05) is 52.9 Å². The first-order valence-electron chi connectivity index (χ1n) is 14.8. The van der Waals surface area contributed by atoms with Gasteiger partial charge in [0.2, 0.25) is 5.91 Å². The van der Waals surface area contributed by atoms with Crippen LogP contribution in [0.4, 0.5) is 8.78 Å². The Kier molecular flexibility index (Phi) is 8.45. The van der Waals surface area contributed by atoms with Crippen LogP contribution < -0.4 is 5.32 Å². The molecule has 224 valence electrons. The third kappa shape index (κ3) is 6.14. The molecular weight excluding hydrogens is 524 g/mol. The van der Waals surface area contributed by atoms with Crippen LogP contribution in [0.15, 0.2) is 53.5 Å². The van der Waals surface area contributed by atoms with Crippen molar-refractivity contribution in [3.8, 4) is 0 Å². The van der Waals surface area contributed by atoms with Gasteiger partial charge in [0.05, 0.1) is 25.0 Å². The van der Waals surface area contributed by atoms with Gasteiger partial charge in [-0.15, -0.1) is 0 Å². The van der Waals surface area contributed by atoms with Crippen molar-refractivity contribution in [1.82, 2.24) is 24.9 Å². The number of nitrogens with one attached hydrogen (secondary N) is 1. The van der Waals surface area contributed by atoms with E-state index in [4.69, 9.17) is 4.74 Å². The highest BCUT2D eigenvalue weighted by atomic mass is 19.1. The van der Waals surface area contributed by atoms with Crippen molar-refractivity contribution in [2.45, 2.75) is 65.3 Å². The van der Waals surface area contributed by atoms with Gasteiger partial charge in [0.25, 0.3) is 0 Å². The molecule has 4 aliphatic rings. The summed E-state index contributed by atoms with van der Waals surface area (Å²) in [6.07, 6.45) is 2.46. The van der Waals surface area contributed by atoms with Crippen molar-refractivity contribution in [3.05, 3.63) is 70.7 Å². The molecule has 7 nitrogen and oxygen atoms in total. The van der Waals surface area contributed by atoms with E-state index in [0.717, 1.165) is 61.5 Å². The van der Waals surface area contributed by atoms with Crippen LogP contribution >= 0.6 is 0 Å². The van der Waals surface area contributed by atoms with Gasteiger partial charge >= 0.3 is 0 Å². The Balaban J connectivity index is 1.38. The van der Waals surface area contributed by atoms with Crippen molar-refractivity contribution < 1.29 is 18.3 Å². The summed E-state index contributed by atoms with van der Waals surface area (Å²) >= 11 is 0. The van der Waals surface area contributed by atoms with Gasteiger partial charge in [-0.05, 0) is 44.1 Å². The van der Waals surface area contributed by atoms with E-state index in [-0.39, 0.29) is 29.9 Å². The largest absolute Gasteiger partial charge is 0.376 e. The molecule has 0 unspecified atom stereocenters. The number of piperazine rings is 1. The van der Waals surface area contributed by atoms with Gasteiger partial charge in [-0.1, -0.05) is 26.5 Å². The van der Waals surface area contributed by atoms with Crippen LogP contribution in [0.1, 0.15) is 40.2 Å². The lowest BCUT2D eigenvalue weighted by atomic mass is 9.87. The number of benzene rings is 1. The highest BCUT2D eigenvalue weighted by Gasteiger charge is 2.45. The summed E-state index contributed by atoms with van der Waals surface area (Å²) in [7, 11) is 1.96. The van der Waals surface area contributed by atoms with E-state index in [2.05, 4.69) is 56.3 Å². The van der Waals surface area contributed by atoms with E-state index < -0.39 is 11.6 Å². The van der Waals surface area contributed by atoms with E-state index in [9.17, 15) is 13.6 Å². The number of nitrogens with zero attached hydrogens (tertiary/aromatic N) is 4. The van der Waals surface area contributed by atoms with Crippen LogP contribution in [0.2, 0.25) is 0 Å². The number of rotatable bonds is 6. The van der Waals surface area contributed by atoms with Crippen molar-refractivity contribution in [3.63, 3.8) is 0 Å². The quantitative estimate of drug-likeness (QED) is 0.564. The molecule has 2 saturated heterocycles. The summed E-state index contributed by atoms with van der Waals surface area (Å²) in [4.78, 5) is 22.9. The van der Waals surface area contributed by atoms with E-state index in [1.807, 2.05) is 22.9 Å². The summed E-state index contributed by atoms with van der Waals surface area (Å²) < 4.78 is 33.9. The van der Waals surface area contributed by atoms with Crippen LogP contribution in [-0.2, 0) is 16.0 Å². The average molecular weight is 570 g/mol. The molecule has 1 amide bonds. The third-order valence-electron chi connectivity index (χ3n) is 9.09. The minimum absolute atomic E-state index is 0.0649. The number of ether oxygens (including phenoxy) is 1. The second-order valence-corrected chi connectivity index (χ2v) is 13.0. The summed E-state index contributed by atoms with van der Waals surface area (Å²) in [5.74, 6) is -1.11. The van der Waals surface area contributed by atoms with Gasteiger partial charge < -0.3 is 19.9 Å². The minimum atomic E-state index is -0.600. The number of carbonyl (C=O) groups excluding carboxylic acids is 1. The monoisotopic (exact) mass is 569 g/mol. The molecule has 1 aromatic rings. The maximum absolute atomic E-state index is 14.6. The molecule has 2 fully saturated rings. The first-order chi connectivity index (χ1) is 19.3. The van der Waals surface area contributed by atoms with Gasteiger partial charge in [0.1, 0.15) is 11.6 Å². The molecule has 0 radical (unpaired) electrons. The molecule has 4 aliphatic heterocycles. The maximum atomic E-state index is 14.6. The molecule has 0 saturated carbocycles. The smallest absolute Gasteiger partial charge is 0.241 e. The normalized spacial score (nSPS) is 29.2. The molecule has 1 aromatic carbocycles. The summed E-state index contributed by atoms with van der Waals surface area (Å²) in [6, 6.07) is 4.52.